The van der Waals surface area contributed by atoms with Gasteiger partial charge in [-0.2, -0.15) is 0 Å². The van der Waals surface area contributed by atoms with E-state index in [1.807, 2.05) is 0 Å². The van der Waals surface area contributed by atoms with E-state index in [1.54, 1.807) is 45.3 Å². The molecule has 0 unspecified atom stereocenters. The van der Waals surface area contributed by atoms with Gasteiger partial charge >= 0.3 is 0 Å². The second-order valence-electron chi connectivity index (χ2n) is 6.32. The van der Waals surface area contributed by atoms with Crippen LogP contribution in [0.2, 0.25) is 0 Å². The highest BCUT2D eigenvalue weighted by atomic mass is 32.2. The molecule has 2 aromatic carbocycles. The lowest BCUT2D eigenvalue weighted by molar-refractivity contribution is -0.384. The summed E-state index contributed by atoms with van der Waals surface area (Å²) < 4.78 is 1.39. The molecule has 0 aliphatic heterocycles. The molecule has 9 heteroatoms. The van der Waals surface area contributed by atoms with Crippen LogP contribution in [0.5, 0.6) is 0 Å². The molecule has 1 amide bonds. The molecule has 1 atom stereocenters. The molecule has 0 saturated carbocycles. The molecular weight excluding hydrogens is 380 g/mol. The molecule has 28 heavy (non-hydrogen) atoms. The van der Waals surface area contributed by atoms with Crippen molar-refractivity contribution in [3.05, 3.63) is 69.0 Å². The number of nitro benzene ring substituents is 1. The third-order valence-electron chi connectivity index (χ3n) is 4.13. The van der Waals surface area contributed by atoms with E-state index in [9.17, 15) is 19.7 Å². The fraction of sp³-hybridized carbons (Fsp3) is 0.211. The topological polar surface area (TPSA) is 98.3 Å². The van der Waals surface area contributed by atoms with Gasteiger partial charge in [0, 0.05) is 26.2 Å². The maximum Gasteiger partial charge on any atom is 0.269 e. The average Bonchev–Trinajstić information content (AvgIpc) is 2.67. The number of para-hydroxylation sites is 1. The Hall–Kier alpha value is -3.20. The summed E-state index contributed by atoms with van der Waals surface area (Å²) in [6.45, 7) is 1.74. The van der Waals surface area contributed by atoms with Gasteiger partial charge in [0.05, 0.1) is 26.8 Å². The van der Waals surface area contributed by atoms with E-state index in [2.05, 4.69) is 4.98 Å². The average molecular weight is 398 g/mol. The summed E-state index contributed by atoms with van der Waals surface area (Å²) in [6, 6.07) is 12.6. The summed E-state index contributed by atoms with van der Waals surface area (Å²) in [5.74, 6) is -0.109. The molecule has 0 aliphatic rings. The van der Waals surface area contributed by atoms with Gasteiger partial charge in [-0.3, -0.25) is 24.3 Å². The maximum atomic E-state index is 13.1. The number of amides is 1. The first-order valence-electron chi connectivity index (χ1n) is 8.44. The van der Waals surface area contributed by atoms with E-state index in [0.717, 1.165) is 0 Å². The molecule has 0 N–H and O–H groups in total. The normalized spacial score (nSPS) is 12.0. The Labute approximate surface area is 165 Å². The number of carbonyl (C=O) groups is 1. The summed E-state index contributed by atoms with van der Waals surface area (Å²) in [5.41, 5.74) is 0.598. The monoisotopic (exact) mass is 398 g/mol. The molecule has 0 spiro atoms. The van der Waals surface area contributed by atoms with Gasteiger partial charge in [0.25, 0.3) is 11.2 Å². The van der Waals surface area contributed by atoms with Crippen molar-refractivity contribution in [2.45, 2.75) is 17.3 Å². The SMILES string of the molecule is C[C@H](Sc1nc2ccccc2c(=O)n1-c1ccc([N+](=O)[O-])cc1)C(=O)N(C)C. The number of nitrogens with zero attached hydrogens (tertiary/aromatic N) is 4. The Morgan fingerprint density at radius 3 is 2.43 bits per heavy atom. The zero-order valence-electron chi connectivity index (χ0n) is 15.5. The lowest BCUT2D eigenvalue weighted by atomic mass is 10.2. The smallest absolute Gasteiger partial charge is 0.269 e. The first-order chi connectivity index (χ1) is 13.3. The van der Waals surface area contributed by atoms with E-state index < -0.39 is 10.2 Å². The first kappa shape index (κ1) is 19.6. The maximum absolute atomic E-state index is 13.1. The Balaban J connectivity index is 2.18. The molecule has 8 nitrogen and oxygen atoms in total. The molecule has 3 aromatic rings. The van der Waals surface area contributed by atoms with Crippen LogP contribution in [0, 0.1) is 10.1 Å². The molecule has 144 valence electrons. The van der Waals surface area contributed by atoms with Crippen molar-refractivity contribution >= 4 is 34.3 Å². The van der Waals surface area contributed by atoms with Gasteiger partial charge in [0.1, 0.15) is 0 Å². The second kappa shape index (κ2) is 7.81. The minimum absolute atomic E-state index is 0.0732. The third kappa shape index (κ3) is 3.74. The number of aromatic nitrogens is 2. The standard InChI is InChI=1S/C19H18N4O4S/c1-12(17(24)21(2)3)28-19-20-16-7-5-4-6-15(16)18(25)22(19)13-8-10-14(11-9-13)23(26)27/h4-12H,1-3H3/t12-/m0/s1. The summed E-state index contributed by atoms with van der Waals surface area (Å²) in [6.07, 6.45) is 0. The van der Waals surface area contributed by atoms with Crippen LogP contribution in [0.4, 0.5) is 5.69 Å². The number of benzene rings is 2. The van der Waals surface area contributed by atoms with E-state index in [1.165, 1.54) is 45.5 Å². The lowest BCUT2D eigenvalue weighted by Gasteiger charge is -2.18. The molecular formula is C19H18N4O4S. The fourth-order valence-electron chi connectivity index (χ4n) is 2.71. The Morgan fingerprint density at radius 2 is 1.82 bits per heavy atom. The van der Waals surface area contributed by atoms with Crippen molar-refractivity contribution in [3.8, 4) is 5.69 Å². The second-order valence-corrected chi connectivity index (χ2v) is 7.63. The van der Waals surface area contributed by atoms with E-state index in [0.29, 0.717) is 21.7 Å². The number of non-ortho nitro benzene ring substituents is 1. The van der Waals surface area contributed by atoms with Gasteiger partial charge in [0.2, 0.25) is 5.91 Å². The van der Waals surface area contributed by atoms with Crippen molar-refractivity contribution in [1.29, 1.82) is 0 Å². The number of fused-ring (bicyclic) bond motifs is 1. The van der Waals surface area contributed by atoms with E-state index >= 15 is 0 Å². The highest BCUT2D eigenvalue weighted by Gasteiger charge is 2.21. The predicted molar refractivity (Wildman–Crippen MR) is 108 cm³/mol. The van der Waals surface area contributed by atoms with Crippen LogP contribution < -0.4 is 5.56 Å². The largest absolute Gasteiger partial charge is 0.348 e. The van der Waals surface area contributed by atoms with Crippen LogP contribution >= 0.6 is 11.8 Å². The van der Waals surface area contributed by atoms with Crippen LogP contribution in [-0.2, 0) is 4.79 Å². The summed E-state index contributed by atoms with van der Waals surface area (Å²) in [4.78, 5) is 41.9. The number of hydrogen-bond donors (Lipinski definition) is 0. The van der Waals surface area contributed by atoms with E-state index in [4.69, 9.17) is 0 Å². The number of hydrogen-bond acceptors (Lipinski definition) is 6. The highest BCUT2D eigenvalue weighted by molar-refractivity contribution is 8.00. The van der Waals surface area contributed by atoms with Crippen LogP contribution in [0.15, 0.2) is 58.5 Å². The van der Waals surface area contributed by atoms with Crippen molar-refractivity contribution in [1.82, 2.24) is 14.5 Å². The van der Waals surface area contributed by atoms with Crippen LogP contribution in [-0.4, -0.2) is 44.6 Å². The molecule has 1 aromatic heterocycles. The van der Waals surface area contributed by atoms with Crippen LogP contribution in [0.1, 0.15) is 6.92 Å². The fourth-order valence-corrected chi connectivity index (χ4v) is 3.79. The minimum Gasteiger partial charge on any atom is -0.348 e. The quantitative estimate of drug-likeness (QED) is 0.284. The lowest BCUT2D eigenvalue weighted by Crippen LogP contribution is -2.31. The molecule has 0 radical (unpaired) electrons. The van der Waals surface area contributed by atoms with Crippen molar-refractivity contribution in [2.75, 3.05) is 14.1 Å². The van der Waals surface area contributed by atoms with Gasteiger partial charge in [-0.25, -0.2) is 4.98 Å². The van der Waals surface area contributed by atoms with Gasteiger partial charge in [-0.1, -0.05) is 23.9 Å². The van der Waals surface area contributed by atoms with Gasteiger partial charge in [-0.05, 0) is 31.2 Å². The molecule has 1 heterocycles. The Morgan fingerprint density at radius 1 is 1.18 bits per heavy atom. The minimum atomic E-state index is -0.501. The van der Waals surface area contributed by atoms with E-state index in [-0.39, 0.29) is 17.2 Å². The molecule has 0 aliphatic carbocycles. The number of carbonyl (C=O) groups excluding carboxylic acids is 1. The Bertz CT molecular complexity index is 1110. The molecule has 3 rings (SSSR count). The highest BCUT2D eigenvalue weighted by Crippen LogP contribution is 2.26. The van der Waals surface area contributed by atoms with Gasteiger partial charge in [-0.15, -0.1) is 0 Å². The zero-order chi connectivity index (χ0) is 20.4. The summed E-state index contributed by atoms with van der Waals surface area (Å²) >= 11 is 1.17. The summed E-state index contributed by atoms with van der Waals surface area (Å²) in [5, 5.41) is 11.2. The molecule has 0 saturated heterocycles. The molecule has 0 fully saturated rings. The van der Waals surface area contributed by atoms with Crippen molar-refractivity contribution in [2.24, 2.45) is 0 Å². The van der Waals surface area contributed by atoms with Crippen LogP contribution in [0.25, 0.3) is 16.6 Å². The summed E-state index contributed by atoms with van der Waals surface area (Å²) in [7, 11) is 3.33. The Kier molecular flexibility index (Phi) is 5.46. The third-order valence-corrected chi connectivity index (χ3v) is 5.17. The van der Waals surface area contributed by atoms with Crippen LogP contribution in [0.3, 0.4) is 0 Å². The van der Waals surface area contributed by atoms with Gasteiger partial charge < -0.3 is 4.90 Å². The number of nitro groups is 1. The number of thioether (sulfide) groups is 1. The number of rotatable bonds is 5. The zero-order valence-corrected chi connectivity index (χ0v) is 16.3. The predicted octanol–water partition coefficient (Wildman–Crippen LogP) is 2.86. The van der Waals surface area contributed by atoms with Crippen molar-refractivity contribution < 1.29 is 9.72 Å². The molecule has 0 bridgehead atoms. The van der Waals surface area contributed by atoms with Gasteiger partial charge in [0.15, 0.2) is 5.16 Å². The van der Waals surface area contributed by atoms with Crippen molar-refractivity contribution in [3.63, 3.8) is 0 Å². The first-order valence-corrected chi connectivity index (χ1v) is 9.32.